The third-order valence-corrected chi connectivity index (χ3v) is 3.92. The summed E-state index contributed by atoms with van der Waals surface area (Å²) in [5.41, 5.74) is 5.85. The minimum atomic E-state index is -0.0618. The van der Waals surface area contributed by atoms with Crippen molar-refractivity contribution in [3.05, 3.63) is 17.8 Å². The average Bonchev–Trinajstić information content (AvgIpc) is 2.98. The van der Waals surface area contributed by atoms with Gasteiger partial charge in [-0.25, -0.2) is 0 Å². The summed E-state index contributed by atoms with van der Waals surface area (Å²) in [7, 11) is 0. The molecule has 1 unspecified atom stereocenters. The lowest BCUT2D eigenvalue weighted by Gasteiger charge is -2.32. The minimum absolute atomic E-state index is 0.0618. The number of carbonyl (C=O) groups is 1. The van der Waals surface area contributed by atoms with Gasteiger partial charge >= 0.3 is 0 Å². The summed E-state index contributed by atoms with van der Waals surface area (Å²) in [6.07, 6.45) is 1.01. The van der Waals surface area contributed by atoms with Crippen LogP contribution < -0.4 is 5.73 Å². The molecule has 108 valence electrons. The number of rotatable bonds is 2. The molecular formula is C13H19N5O2. The first kappa shape index (κ1) is 13.3. The van der Waals surface area contributed by atoms with Gasteiger partial charge in [-0.3, -0.25) is 9.69 Å². The first-order chi connectivity index (χ1) is 9.74. The van der Waals surface area contributed by atoms with E-state index in [1.807, 2.05) is 4.90 Å². The smallest absolute Gasteiger partial charge is 0.274 e. The van der Waals surface area contributed by atoms with Gasteiger partial charge in [-0.15, -0.1) is 10.2 Å². The monoisotopic (exact) mass is 277 g/mol. The molecule has 0 saturated carbocycles. The molecule has 2 fully saturated rings. The van der Waals surface area contributed by atoms with Gasteiger partial charge in [0.2, 0.25) is 0 Å². The summed E-state index contributed by atoms with van der Waals surface area (Å²) in [6, 6.07) is 3.67. The highest BCUT2D eigenvalue weighted by molar-refractivity contribution is 5.92. The molecule has 20 heavy (non-hydrogen) atoms. The number of anilines is 1. The van der Waals surface area contributed by atoms with Gasteiger partial charge in [0.25, 0.3) is 5.91 Å². The number of nitrogens with two attached hydrogens (primary N) is 1. The second-order valence-electron chi connectivity index (χ2n) is 5.19. The zero-order chi connectivity index (χ0) is 13.9. The molecule has 1 aromatic rings. The third kappa shape index (κ3) is 2.73. The first-order valence-electron chi connectivity index (χ1n) is 6.94. The van der Waals surface area contributed by atoms with E-state index in [2.05, 4.69) is 15.1 Å². The van der Waals surface area contributed by atoms with Gasteiger partial charge < -0.3 is 15.4 Å². The summed E-state index contributed by atoms with van der Waals surface area (Å²) in [5, 5.41) is 7.59. The van der Waals surface area contributed by atoms with E-state index in [4.69, 9.17) is 10.5 Å². The van der Waals surface area contributed by atoms with Gasteiger partial charge in [0.05, 0.1) is 13.2 Å². The van der Waals surface area contributed by atoms with E-state index in [1.165, 1.54) is 0 Å². The number of amides is 1. The molecule has 2 N–H and O–H groups in total. The van der Waals surface area contributed by atoms with Crippen LogP contribution in [0.4, 0.5) is 5.82 Å². The van der Waals surface area contributed by atoms with Crippen molar-refractivity contribution in [2.24, 2.45) is 0 Å². The molecule has 7 nitrogen and oxygen atoms in total. The van der Waals surface area contributed by atoms with E-state index in [-0.39, 0.29) is 5.91 Å². The molecule has 3 rings (SSSR count). The number of carbonyl (C=O) groups excluding carboxylic acids is 1. The van der Waals surface area contributed by atoms with Crippen LogP contribution in [0.25, 0.3) is 0 Å². The number of hydrogen-bond donors (Lipinski definition) is 1. The topological polar surface area (TPSA) is 84.6 Å². The predicted molar refractivity (Wildman–Crippen MR) is 73.1 cm³/mol. The van der Waals surface area contributed by atoms with Crippen LogP contribution in [0.1, 0.15) is 16.9 Å². The normalized spacial score (nSPS) is 24.0. The molecule has 0 spiro atoms. The molecule has 7 heteroatoms. The quantitative estimate of drug-likeness (QED) is 0.792. The Morgan fingerprint density at radius 2 is 2.05 bits per heavy atom. The lowest BCUT2D eigenvalue weighted by molar-refractivity contribution is 0.0185. The summed E-state index contributed by atoms with van der Waals surface area (Å²) in [4.78, 5) is 16.6. The molecule has 0 aromatic carbocycles. The van der Waals surface area contributed by atoms with Crippen molar-refractivity contribution in [2.75, 3.05) is 45.1 Å². The Balaban J connectivity index is 1.61. The van der Waals surface area contributed by atoms with Crippen LogP contribution in [0.3, 0.4) is 0 Å². The van der Waals surface area contributed by atoms with E-state index in [0.29, 0.717) is 17.6 Å². The molecule has 1 atom stereocenters. The SMILES string of the molecule is Nc1ccc(C(=O)N2CCC(N3CCOCC3)C2)nn1. The van der Waals surface area contributed by atoms with E-state index in [1.54, 1.807) is 12.1 Å². The Kier molecular flexibility index (Phi) is 3.79. The maximum atomic E-state index is 12.3. The van der Waals surface area contributed by atoms with Crippen LogP contribution in [0, 0.1) is 0 Å². The van der Waals surface area contributed by atoms with Crippen molar-refractivity contribution in [3.63, 3.8) is 0 Å². The van der Waals surface area contributed by atoms with Crippen molar-refractivity contribution in [1.82, 2.24) is 20.0 Å². The fourth-order valence-electron chi connectivity index (χ4n) is 2.79. The van der Waals surface area contributed by atoms with Crippen molar-refractivity contribution < 1.29 is 9.53 Å². The van der Waals surface area contributed by atoms with Gasteiger partial charge in [0, 0.05) is 32.2 Å². The predicted octanol–water partition coefficient (Wildman–Crippen LogP) is -0.394. The molecule has 2 saturated heterocycles. The highest BCUT2D eigenvalue weighted by atomic mass is 16.5. The first-order valence-corrected chi connectivity index (χ1v) is 6.94. The maximum Gasteiger partial charge on any atom is 0.274 e. The number of nitrogens with zero attached hydrogens (tertiary/aromatic N) is 4. The van der Waals surface area contributed by atoms with Crippen molar-refractivity contribution in [3.8, 4) is 0 Å². The summed E-state index contributed by atoms with van der Waals surface area (Å²) in [6.45, 7) is 5.00. The van der Waals surface area contributed by atoms with Crippen LogP contribution in [-0.2, 0) is 4.74 Å². The Hall–Kier alpha value is -1.73. The average molecular weight is 277 g/mol. The number of aromatic nitrogens is 2. The molecule has 1 aromatic heterocycles. The van der Waals surface area contributed by atoms with E-state index >= 15 is 0 Å². The van der Waals surface area contributed by atoms with Crippen LogP contribution >= 0.6 is 0 Å². The van der Waals surface area contributed by atoms with E-state index in [9.17, 15) is 4.79 Å². The standard InChI is InChI=1S/C13H19N5O2/c14-12-2-1-11(15-16-12)13(19)18-4-3-10(9-18)17-5-7-20-8-6-17/h1-2,10H,3-9H2,(H2,14,16). The largest absolute Gasteiger partial charge is 0.382 e. The molecule has 0 radical (unpaired) electrons. The lowest BCUT2D eigenvalue weighted by atomic mass is 10.2. The Bertz CT molecular complexity index is 472. The van der Waals surface area contributed by atoms with Crippen molar-refractivity contribution in [1.29, 1.82) is 0 Å². The van der Waals surface area contributed by atoms with Crippen molar-refractivity contribution in [2.45, 2.75) is 12.5 Å². The number of hydrogen-bond acceptors (Lipinski definition) is 6. The number of morpholine rings is 1. The Labute approximate surface area is 117 Å². The van der Waals surface area contributed by atoms with E-state index in [0.717, 1.165) is 45.8 Å². The van der Waals surface area contributed by atoms with E-state index < -0.39 is 0 Å². The summed E-state index contributed by atoms with van der Waals surface area (Å²) >= 11 is 0. The zero-order valence-corrected chi connectivity index (χ0v) is 11.4. The molecule has 1 amide bonds. The summed E-state index contributed by atoms with van der Waals surface area (Å²) in [5.74, 6) is 0.266. The second kappa shape index (κ2) is 5.72. The molecule has 3 heterocycles. The number of nitrogen functional groups attached to an aromatic ring is 1. The molecule has 0 aliphatic carbocycles. The molecular weight excluding hydrogens is 258 g/mol. The third-order valence-electron chi connectivity index (χ3n) is 3.92. The van der Waals surface area contributed by atoms with Gasteiger partial charge in [0.15, 0.2) is 5.69 Å². The highest BCUT2D eigenvalue weighted by Crippen LogP contribution is 2.18. The Morgan fingerprint density at radius 3 is 2.75 bits per heavy atom. The number of likely N-dealkylation sites (tertiary alicyclic amines) is 1. The number of ether oxygens (including phenoxy) is 1. The molecule has 2 aliphatic heterocycles. The highest BCUT2D eigenvalue weighted by Gasteiger charge is 2.32. The minimum Gasteiger partial charge on any atom is -0.382 e. The molecule has 0 bridgehead atoms. The van der Waals surface area contributed by atoms with Gasteiger partial charge in [-0.1, -0.05) is 0 Å². The van der Waals surface area contributed by atoms with Crippen molar-refractivity contribution >= 4 is 11.7 Å². The van der Waals surface area contributed by atoms with Crippen LogP contribution in [-0.4, -0.2) is 71.3 Å². The second-order valence-corrected chi connectivity index (χ2v) is 5.19. The van der Waals surface area contributed by atoms with Crippen LogP contribution in [0.15, 0.2) is 12.1 Å². The van der Waals surface area contributed by atoms with Gasteiger partial charge in [0.1, 0.15) is 5.82 Å². The summed E-state index contributed by atoms with van der Waals surface area (Å²) < 4.78 is 5.36. The fourth-order valence-corrected chi connectivity index (χ4v) is 2.79. The Morgan fingerprint density at radius 1 is 1.25 bits per heavy atom. The van der Waals surface area contributed by atoms with Gasteiger partial charge in [-0.2, -0.15) is 0 Å². The fraction of sp³-hybridized carbons (Fsp3) is 0.615. The van der Waals surface area contributed by atoms with Crippen LogP contribution in [0.5, 0.6) is 0 Å². The molecule has 2 aliphatic rings. The maximum absolute atomic E-state index is 12.3. The van der Waals surface area contributed by atoms with Crippen LogP contribution in [0.2, 0.25) is 0 Å². The van der Waals surface area contributed by atoms with Gasteiger partial charge in [-0.05, 0) is 18.6 Å². The lowest BCUT2D eigenvalue weighted by Crippen LogP contribution is -2.45. The zero-order valence-electron chi connectivity index (χ0n) is 11.4.